The first-order chi connectivity index (χ1) is 13.9. The quantitative estimate of drug-likeness (QED) is 0.0696. The number of hydrogen-bond acceptors (Lipinski definition) is 8. The van der Waals surface area contributed by atoms with Crippen LogP contribution in [0.4, 0.5) is 0 Å². The van der Waals surface area contributed by atoms with Gasteiger partial charge in [-0.1, -0.05) is 110 Å². The average Bonchev–Trinajstić information content (AvgIpc) is 2.71. The molecule has 0 aromatic carbocycles. The molecule has 0 amide bonds. The van der Waals surface area contributed by atoms with Gasteiger partial charge in [0.2, 0.25) is 0 Å². The molecule has 0 saturated carbocycles. The normalized spacial score (nSPS) is 11.0. The molecule has 0 aromatic heterocycles. The molecule has 0 unspecified atom stereocenters. The summed E-state index contributed by atoms with van der Waals surface area (Å²) in [7, 11) is 0. The first kappa shape index (κ1) is 27.3. The third-order valence-electron chi connectivity index (χ3n) is 4.38. The van der Waals surface area contributed by atoms with E-state index in [-0.39, 0.29) is 0 Å². The van der Waals surface area contributed by atoms with E-state index in [4.69, 9.17) is 4.89 Å². The fourth-order valence-corrected chi connectivity index (χ4v) is 2.85. The molecule has 0 aliphatic heterocycles. The minimum atomic E-state index is 0.402. The highest BCUT2D eigenvalue weighted by Crippen LogP contribution is 2.13. The monoisotopic (exact) mass is 408 g/mol. The Balaban J connectivity index is 2.97. The van der Waals surface area contributed by atoms with Crippen molar-refractivity contribution < 1.29 is 40.0 Å². The SMILES string of the molecule is C=COOOOOOOOCCCCCCCCCCCCCCCCCC. The van der Waals surface area contributed by atoms with Gasteiger partial charge in [0.1, 0.15) is 6.26 Å². The van der Waals surface area contributed by atoms with Crippen molar-refractivity contribution in [3.63, 3.8) is 0 Å². The van der Waals surface area contributed by atoms with Crippen molar-refractivity contribution >= 4 is 0 Å². The maximum Gasteiger partial charge on any atom is 0.125 e. The summed E-state index contributed by atoms with van der Waals surface area (Å²) in [6.45, 7) is 5.86. The zero-order valence-corrected chi connectivity index (χ0v) is 17.6. The van der Waals surface area contributed by atoms with Crippen molar-refractivity contribution in [2.24, 2.45) is 0 Å². The standard InChI is InChI=1S/C20H40O8/c1-3-5-6-7-8-9-10-11-12-13-14-15-16-17-18-19-20-22-24-26-28-27-25-23-21-4-2/h4H,2-3,5-20H2,1H3. The van der Waals surface area contributed by atoms with Gasteiger partial charge in [-0.15, -0.1) is 0 Å². The van der Waals surface area contributed by atoms with Crippen molar-refractivity contribution in [1.29, 1.82) is 0 Å². The molecule has 0 bridgehead atoms. The summed E-state index contributed by atoms with van der Waals surface area (Å²) in [4.78, 5) is 8.80. The number of unbranched alkanes of at least 4 members (excludes halogenated alkanes) is 15. The molecule has 0 spiro atoms. The second kappa shape index (κ2) is 26.3. The molecular weight excluding hydrogens is 368 g/mol. The van der Waals surface area contributed by atoms with E-state index in [2.05, 4.69) is 48.6 Å². The second-order valence-electron chi connectivity index (χ2n) is 6.80. The lowest BCUT2D eigenvalue weighted by Crippen LogP contribution is -2.02. The highest BCUT2D eigenvalue weighted by Gasteiger charge is 1.97. The van der Waals surface area contributed by atoms with Crippen LogP contribution in [0.15, 0.2) is 12.8 Å². The Bertz CT molecular complexity index is 291. The van der Waals surface area contributed by atoms with E-state index in [1.165, 1.54) is 89.9 Å². The van der Waals surface area contributed by atoms with E-state index in [9.17, 15) is 0 Å². The highest BCUT2D eigenvalue weighted by atomic mass is 17.9. The summed E-state index contributed by atoms with van der Waals surface area (Å²) in [5.41, 5.74) is 0. The molecule has 168 valence electrons. The molecule has 0 rings (SSSR count). The lowest BCUT2D eigenvalue weighted by molar-refractivity contribution is -0.811. The third-order valence-corrected chi connectivity index (χ3v) is 4.38. The smallest absolute Gasteiger partial charge is 0.125 e. The van der Waals surface area contributed by atoms with Gasteiger partial charge in [-0.3, -0.25) is 0 Å². The second-order valence-corrected chi connectivity index (χ2v) is 6.80. The van der Waals surface area contributed by atoms with Gasteiger partial charge < -0.3 is 4.89 Å². The zero-order valence-electron chi connectivity index (χ0n) is 17.6. The van der Waals surface area contributed by atoms with Crippen molar-refractivity contribution in [2.45, 2.75) is 110 Å². The van der Waals surface area contributed by atoms with E-state index in [1.807, 2.05) is 0 Å². The predicted octanol–water partition coefficient (Wildman–Crippen LogP) is 6.93. The molecule has 8 nitrogen and oxygen atoms in total. The molecule has 8 heteroatoms. The van der Waals surface area contributed by atoms with Crippen molar-refractivity contribution in [1.82, 2.24) is 0 Å². The maximum atomic E-state index is 4.71. The number of hydrogen-bond donors (Lipinski definition) is 0. The van der Waals surface area contributed by atoms with Crippen LogP contribution in [0.5, 0.6) is 0 Å². The molecule has 0 atom stereocenters. The van der Waals surface area contributed by atoms with Crippen LogP contribution >= 0.6 is 0 Å². The fourth-order valence-electron chi connectivity index (χ4n) is 2.85. The van der Waals surface area contributed by atoms with Crippen LogP contribution in [0, 0.1) is 0 Å². The predicted molar refractivity (Wildman–Crippen MR) is 103 cm³/mol. The largest absolute Gasteiger partial charge is 0.315 e. The number of rotatable bonds is 25. The third kappa shape index (κ3) is 25.3. The van der Waals surface area contributed by atoms with E-state index >= 15 is 0 Å². The first-order valence-corrected chi connectivity index (χ1v) is 10.8. The van der Waals surface area contributed by atoms with Crippen molar-refractivity contribution in [2.75, 3.05) is 6.61 Å². The summed E-state index contributed by atoms with van der Waals surface area (Å²) >= 11 is 0. The molecule has 0 aliphatic carbocycles. The Morgan fingerprint density at radius 2 is 0.893 bits per heavy atom. The topological polar surface area (TPSA) is 73.8 Å². The van der Waals surface area contributed by atoms with Crippen LogP contribution < -0.4 is 0 Å². The lowest BCUT2D eigenvalue weighted by Gasteiger charge is -2.03. The van der Waals surface area contributed by atoms with Gasteiger partial charge in [-0.2, -0.15) is 0 Å². The Morgan fingerprint density at radius 1 is 0.500 bits per heavy atom. The van der Waals surface area contributed by atoms with Gasteiger partial charge in [-0.05, 0) is 21.5 Å². The van der Waals surface area contributed by atoms with E-state index in [1.54, 1.807) is 0 Å². The van der Waals surface area contributed by atoms with Gasteiger partial charge in [0.15, 0.2) is 0 Å². The molecule has 0 aliphatic rings. The van der Waals surface area contributed by atoms with E-state index in [0.29, 0.717) is 6.61 Å². The van der Waals surface area contributed by atoms with Gasteiger partial charge in [-0.25, -0.2) is 4.89 Å². The van der Waals surface area contributed by atoms with Crippen LogP contribution in [0.25, 0.3) is 0 Å². The molecule has 0 heterocycles. The van der Waals surface area contributed by atoms with Crippen LogP contribution in [0.3, 0.4) is 0 Å². The molecule has 0 aromatic rings. The molecule has 28 heavy (non-hydrogen) atoms. The average molecular weight is 409 g/mol. The Hall–Kier alpha value is -0.740. The summed E-state index contributed by atoms with van der Waals surface area (Å²) in [6, 6.07) is 0. The van der Waals surface area contributed by atoms with Crippen molar-refractivity contribution in [3.05, 3.63) is 12.8 Å². The molecule has 0 fully saturated rings. The molecule has 0 N–H and O–H groups in total. The van der Waals surface area contributed by atoms with E-state index < -0.39 is 0 Å². The Labute approximate surface area is 169 Å². The molecular formula is C20H40O8. The van der Waals surface area contributed by atoms with Crippen LogP contribution in [-0.4, -0.2) is 6.61 Å². The summed E-state index contributed by atoms with van der Waals surface area (Å²) in [5.74, 6) is 0. The van der Waals surface area contributed by atoms with Crippen LogP contribution in [0.1, 0.15) is 110 Å². The van der Waals surface area contributed by atoms with Crippen LogP contribution in [-0.2, 0) is 40.0 Å². The highest BCUT2D eigenvalue weighted by molar-refractivity contribution is 4.49. The van der Waals surface area contributed by atoms with Gasteiger partial charge in [0, 0.05) is 15.1 Å². The fraction of sp³-hybridized carbons (Fsp3) is 0.900. The summed E-state index contributed by atoms with van der Waals surface area (Å²) < 4.78 is 0. The first-order valence-electron chi connectivity index (χ1n) is 10.8. The summed E-state index contributed by atoms with van der Waals surface area (Å²) in [5, 5.41) is 23.7. The zero-order chi connectivity index (χ0) is 20.4. The maximum absolute atomic E-state index is 4.71. The lowest BCUT2D eigenvalue weighted by atomic mass is 10.0. The van der Waals surface area contributed by atoms with Gasteiger partial charge in [0.05, 0.1) is 6.61 Å². The van der Waals surface area contributed by atoms with Gasteiger partial charge in [0.25, 0.3) is 0 Å². The van der Waals surface area contributed by atoms with Gasteiger partial charge >= 0.3 is 0 Å². The Kier molecular flexibility index (Phi) is 25.6. The Morgan fingerprint density at radius 3 is 1.36 bits per heavy atom. The molecule has 0 saturated heterocycles. The summed E-state index contributed by atoms with van der Waals surface area (Å²) in [6.07, 6.45) is 22.1. The molecule has 0 radical (unpaired) electrons. The van der Waals surface area contributed by atoms with Crippen molar-refractivity contribution in [3.8, 4) is 0 Å². The minimum Gasteiger partial charge on any atom is -0.315 e. The van der Waals surface area contributed by atoms with Crippen LogP contribution in [0.2, 0.25) is 0 Å². The van der Waals surface area contributed by atoms with E-state index in [0.717, 1.165) is 19.1 Å². The minimum absolute atomic E-state index is 0.402.